The first kappa shape index (κ1) is 23.3. The Bertz CT molecular complexity index is 916. The van der Waals surface area contributed by atoms with Crippen LogP contribution in [0.15, 0.2) is 48.5 Å². The molecule has 0 heterocycles. The highest BCUT2D eigenvalue weighted by atomic mass is 16.5. The average Bonchev–Trinajstić information content (AvgIpc) is 3.12. The first-order chi connectivity index (χ1) is 15.5. The lowest BCUT2D eigenvalue weighted by Crippen LogP contribution is -2.43. The van der Waals surface area contributed by atoms with Gasteiger partial charge < -0.3 is 25.6 Å². The maximum absolute atomic E-state index is 12.1. The van der Waals surface area contributed by atoms with Crippen molar-refractivity contribution in [1.82, 2.24) is 10.6 Å². The standard InChI is InChI=1S/C24H28N2O6/c27-14-21(23(29)30)26-22(28)12-2-1-7-13-25-24(31)32-15-20-18-10-5-3-8-16(18)17-9-4-6-11-19(17)20/h3-6,8-11,20-21,27H,1-2,7,12-15H2,(H,25,31)(H,26,28)(H,29,30)/t21-/m1/s1. The minimum atomic E-state index is -1.28. The number of fused-ring (bicyclic) bond motifs is 3. The lowest BCUT2D eigenvalue weighted by atomic mass is 9.98. The number of hydrogen-bond acceptors (Lipinski definition) is 5. The molecule has 0 radical (unpaired) electrons. The van der Waals surface area contributed by atoms with E-state index < -0.39 is 30.6 Å². The molecule has 0 aromatic heterocycles. The zero-order valence-electron chi connectivity index (χ0n) is 17.8. The molecule has 0 aliphatic heterocycles. The van der Waals surface area contributed by atoms with Gasteiger partial charge in [0.1, 0.15) is 12.6 Å². The van der Waals surface area contributed by atoms with Crippen LogP contribution in [0.2, 0.25) is 0 Å². The van der Waals surface area contributed by atoms with E-state index >= 15 is 0 Å². The first-order valence-electron chi connectivity index (χ1n) is 10.7. The van der Waals surface area contributed by atoms with Gasteiger partial charge >= 0.3 is 12.1 Å². The highest BCUT2D eigenvalue weighted by Gasteiger charge is 2.28. The third-order valence-corrected chi connectivity index (χ3v) is 5.51. The van der Waals surface area contributed by atoms with Gasteiger partial charge in [0, 0.05) is 18.9 Å². The smallest absolute Gasteiger partial charge is 0.407 e. The fraction of sp³-hybridized carbons (Fsp3) is 0.375. The number of ether oxygens (including phenoxy) is 1. The van der Waals surface area contributed by atoms with E-state index in [1.807, 2.05) is 24.3 Å². The van der Waals surface area contributed by atoms with Crippen molar-refractivity contribution >= 4 is 18.0 Å². The number of benzene rings is 2. The molecule has 4 N–H and O–H groups in total. The van der Waals surface area contributed by atoms with Crippen molar-refractivity contribution < 1.29 is 29.3 Å². The third-order valence-electron chi connectivity index (χ3n) is 5.51. The van der Waals surface area contributed by atoms with Gasteiger partial charge in [-0.1, -0.05) is 55.0 Å². The summed E-state index contributed by atoms with van der Waals surface area (Å²) in [5.41, 5.74) is 4.67. The summed E-state index contributed by atoms with van der Waals surface area (Å²) in [6.07, 6.45) is 1.59. The Morgan fingerprint density at radius 1 is 0.938 bits per heavy atom. The maximum Gasteiger partial charge on any atom is 0.407 e. The summed E-state index contributed by atoms with van der Waals surface area (Å²) in [4.78, 5) is 34.6. The summed E-state index contributed by atoms with van der Waals surface area (Å²) in [5, 5.41) is 22.7. The molecule has 32 heavy (non-hydrogen) atoms. The summed E-state index contributed by atoms with van der Waals surface area (Å²) in [6, 6.07) is 15.0. The summed E-state index contributed by atoms with van der Waals surface area (Å²) in [6.45, 7) is 0.0352. The molecular formula is C24H28N2O6. The minimum Gasteiger partial charge on any atom is -0.480 e. The van der Waals surface area contributed by atoms with Gasteiger partial charge in [-0.15, -0.1) is 0 Å². The number of aliphatic carboxylic acids is 1. The highest BCUT2D eigenvalue weighted by Crippen LogP contribution is 2.44. The maximum atomic E-state index is 12.1. The number of carboxylic acid groups (broad SMARTS) is 1. The second kappa shape index (κ2) is 11.3. The molecule has 0 saturated heterocycles. The van der Waals surface area contributed by atoms with Gasteiger partial charge in [-0.3, -0.25) is 4.79 Å². The Morgan fingerprint density at radius 2 is 1.56 bits per heavy atom. The molecule has 0 unspecified atom stereocenters. The number of alkyl carbamates (subject to hydrolysis) is 1. The molecule has 170 valence electrons. The number of carbonyl (C=O) groups excluding carboxylic acids is 2. The Balaban J connectivity index is 1.34. The predicted octanol–water partition coefficient (Wildman–Crippen LogP) is 2.65. The fourth-order valence-electron chi connectivity index (χ4n) is 3.88. The second-order valence-corrected chi connectivity index (χ2v) is 7.70. The number of hydrogen-bond donors (Lipinski definition) is 4. The van der Waals surface area contributed by atoms with Crippen LogP contribution in [0.4, 0.5) is 4.79 Å². The van der Waals surface area contributed by atoms with Crippen LogP contribution in [-0.4, -0.2) is 54.0 Å². The molecule has 2 aromatic carbocycles. The number of aliphatic hydroxyl groups excluding tert-OH is 1. The van der Waals surface area contributed by atoms with E-state index in [9.17, 15) is 14.4 Å². The molecule has 8 heteroatoms. The van der Waals surface area contributed by atoms with Crippen LogP contribution in [0.25, 0.3) is 11.1 Å². The quantitative estimate of drug-likeness (QED) is 0.398. The molecular weight excluding hydrogens is 412 g/mol. The van der Waals surface area contributed by atoms with E-state index in [2.05, 4.69) is 34.9 Å². The Morgan fingerprint density at radius 3 is 2.16 bits per heavy atom. The number of carbonyl (C=O) groups is 3. The average molecular weight is 440 g/mol. The third kappa shape index (κ3) is 5.85. The monoisotopic (exact) mass is 440 g/mol. The lowest BCUT2D eigenvalue weighted by Gasteiger charge is -2.14. The van der Waals surface area contributed by atoms with Gasteiger partial charge in [-0.25, -0.2) is 9.59 Å². The minimum absolute atomic E-state index is 0.0141. The van der Waals surface area contributed by atoms with Crippen molar-refractivity contribution in [3.8, 4) is 11.1 Å². The van der Waals surface area contributed by atoms with Crippen molar-refractivity contribution in [2.24, 2.45) is 0 Å². The molecule has 1 aliphatic carbocycles. The van der Waals surface area contributed by atoms with Crippen LogP contribution >= 0.6 is 0 Å². The molecule has 0 spiro atoms. The molecule has 0 bridgehead atoms. The topological polar surface area (TPSA) is 125 Å². The fourth-order valence-corrected chi connectivity index (χ4v) is 3.88. The van der Waals surface area contributed by atoms with Gasteiger partial charge in [-0.05, 0) is 35.1 Å². The predicted molar refractivity (Wildman–Crippen MR) is 118 cm³/mol. The van der Waals surface area contributed by atoms with E-state index in [1.165, 1.54) is 11.1 Å². The van der Waals surface area contributed by atoms with Crippen LogP contribution in [0.5, 0.6) is 0 Å². The molecule has 0 fully saturated rings. The molecule has 3 rings (SSSR count). The molecule has 8 nitrogen and oxygen atoms in total. The van der Waals surface area contributed by atoms with E-state index in [4.69, 9.17) is 14.9 Å². The Hall–Kier alpha value is -3.39. The van der Waals surface area contributed by atoms with Crippen molar-refractivity contribution in [2.75, 3.05) is 19.8 Å². The van der Waals surface area contributed by atoms with Crippen LogP contribution in [0.1, 0.15) is 42.7 Å². The van der Waals surface area contributed by atoms with E-state index in [-0.39, 0.29) is 18.9 Å². The number of carboxylic acids is 1. The largest absolute Gasteiger partial charge is 0.480 e. The van der Waals surface area contributed by atoms with Gasteiger partial charge in [-0.2, -0.15) is 0 Å². The normalized spacial score (nSPS) is 13.0. The van der Waals surface area contributed by atoms with Gasteiger partial charge in [0.25, 0.3) is 0 Å². The van der Waals surface area contributed by atoms with Crippen LogP contribution < -0.4 is 10.6 Å². The summed E-state index contributed by atoms with van der Waals surface area (Å²) < 4.78 is 5.47. The van der Waals surface area contributed by atoms with E-state index in [0.29, 0.717) is 25.8 Å². The van der Waals surface area contributed by atoms with Crippen LogP contribution in [0, 0.1) is 0 Å². The molecule has 0 saturated carbocycles. The molecule has 2 aromatic rings. The van der Waals surface area contributed by atoms with Crippen molar-refractivity contribution in [3.05, 3.63) is 59.7 Å². The summed E-state index contributed by atoms with van der Waals surface area (Å²) in [7, 11) is 0. The van der Waals surface area contributed by atoms with Gasteiger partial charge in [0.05, 0.1) is 6.61 Å². The number of nitrogens with one attached hydrogen (secondary N) is 2. The summed E-state index contributed by atoms with van der Waals surface area (Å²) >= 11 is 0. The molecule has 2 amide bonds. The lowest BCUT2D eigenvalue weighted by molar-refractivity contribution is -0.142. The van der Waals surface area contributed by atoms with Crippen molar-refractivity contribution in [1.29, 1.82) is 0 Å². The number of unbranched alkanes of at least 4 members (excludes halogenated alkanes) is 2. The highest BCUT2D eigenvalue weighted by molar-refractivity contribution is 5.83. The molecule has 1 atom stereocenters. The number of amides is 2. The second-order valence-electron chi connectivity index (χ2n) is 7.70. The van der Waals surface area contributed by atoms with Crippen LogP contribution in [0.3, 0.4) is 0 Å². The van der Waals surface area contributed by atoms with E-state index in [0.717, 1.165) is 11.1 Å². The van der Waals surface area contributed by atoms with Crippen molar-refractivity contribution in [3.63, 3.8) is 0 Å². The Labute approximate surface area is 186 Å². The molecule has 1 aliphatic rings. The zero-order valence-corrected chi connectivity index (χ0v) is 17.8. The van der Waals surface area contributed by atoms with Gasteiger partial charge in [0.15, 0.2) is 0 Å². The van der Waals surface area contributed by atoms with Gasteiger partial charge in [0.2, 0.25) is 5.91 Å². The number of rotatable bonds is 11. The van der Waals surface area contributed by atoms with Crippen LogP contribution in [-0.2, 0) is 14.3 Å². The SMILES string of the molecule is O=C(CCCCCNC(=O)OCC1c2ccccc2-c2ccccc21)N[C@H](CO)C(=O)O. The zero-order chi connectivity index (χ0) is 22.9. The Kier molecular flexibility index (Phi) is 8.21. The van der Waals surface area contributed by atoms with E-state index in [1.54, 1.807) is 0 Å². The number of aliphatic hydroxyl groups is 1. The van der Waals surface area contributed by atoms with Crippen molar-refractivity contribution in [2.45, 2.75) is 37.6 Å². The summed E-state index contributed by atoms with van der Waals surface area (Å²) in [5.74, 6) is -1.68. The first-order valence-corrected chi connectivity index (χ1v) is 10.7.